The molecule has 0 aliphatic carbocycles. The lowest BCUT2D eigenvalue weighted by Crippen LogP contribution is -2.33. The summed E-state index contributed by atoms with van der Waals surface area (Å²) in [6, 6.07) is 19.0. The zero-order valence-corrected chi connectivity index (χ0v) is 16.5. The molecule has 5 nitrogen and oxygen atoms in total. The van der Waals surface area contributed by atoms with E-state index in [1.54, 1.807) is 42.5 Å². The third kappa shape index (κ3) is 4.23. The average molecular weight is 404 g/mol. The summed E-state index contributed by atoms with van der Waals surface area (Å²) < 4.78 is 24.0. The van der Waals surface area contributed by atoms with Crippen molar-refractivity contribution in [1.82, 2.24) is 9.88 Å². The van der Waals surface area contributed by atoms with Crippen LogP contribution < -0.4 is 0 Å². The second kappa shape index (κ2) is 8.88. The van der Waals surface area contributed by atoms with Crippen LogP contribution in [0.2, 0.25) is 0 Å². The Morgan fingerprint density at radius 2 is 1.90 bits per heavy atom. The molecule has 6 heteroatoms. The number of aromatic nitrogens is 1. The largest absolute Gasteiger partial charge is 0.467 e. The number of ether oxygens (including phenoxy) is 1. The van der Waals surface area contributed by atoms with Crippen LogP contribution >= 0.6 is 0 Å². The number of methoxy groups -OCH3 is 1. The van der Waals surface area contributed by atoms with Gasteiger partial charge in [-0.2, -0.15) is 0 Å². The standard InChI is InChI=1S/C24H21FN2O3/c1-29-14-12-27(16-19-5-4-13-30-19)24(28)21-15-23(17-8-10-18(25)11-9-17)26-22-7-3-2-6-20(21)22/h2-11,13,15H,12,14,16H2,1H3. The third-order valence-corrected chi connectivity index (χ3v) is 4.87. The van der Waals surface area contributed by atoms with Gasteiger partial charge in [-0.3, -0.25) is 4.79 Å². The Morgan fingerprint density at radius 3 is 2.63 bits per heavy atom. The van der Waals surface area contributed by atoms with Crippen molar-refractivity contribution >= 4 is 16.8 Å². The number of rotatable bonds is 7. The first kappa shape index (κ1) is 19.8. The maximum absolute atomic E-state index is 13.6. The van der Waals surface area contributed by atoms with E-state index in [2.05, 4.69) is 4.98 Å². The fourth-order valence-electron chi connectivity index (χ4n) is 3.34. The second-order valence-electron chi connectivity index (χ2n) is 6.88. The van der Waals surface area contributed by atoms with Gasteiger partial charge in [0.1, 0.15) is 11.6 Å². The molecule has 0 spiro atoms. The van der Waals surface area contributed by atoms with Gasteiger partial charge < -0.3 is 14.1 Å². The number of furan rings is 1. The molecule has 30 heavy (non-hydrogen) atoms. The maximum Gasteiger partial charge on any atom is 0.255 e. The second-order valence-corrected chi connectivity index (χ2v) is 6.88. The van der Waals surface area contributed by atoms with Gasteiger partial charge in [0.25, 0.3) is 5.91 Å². The quantitative estimate of drug-likeness (QED) is 0.439. The summed E-state index contributed by atoms with van der Waals surface area (Å²) in [5.74, 6) is 0.224. The molecule has 0 saturated heterocycles. The number of hydrogen-bond donors (Lipinski definition) is 0. The maximum atomic E-state index is 13.6. The molecule has 2 aromatic carbocycles. The van der Waals surface area contributed by atoms with Gasteiger partial charge in [-0.15, -0.1) is 0 Å². The van der Waals surface area contributed by atoms with Gasteiger partial charge in [0.15, 0.2) is 0 Å². The van der Waals surface area contributed by atoms with Crippen molar-refractivity contribution in [2.24, 2.45) is 0 Å². The summed E-state index contributed by atoms with van der Waals surface area (Å²) in [6.45, 7) is 1.15. The summed E-state index contributed by atoms with van der Waals surface area (Å²) in [5, 5.41) is 0.759. The van der Waals surface area contributed by atoms with Crippen molar-refractivity contribution < 1.29 is 18.3 Å². The average Bonchev–Trinajstić information content (AvgIpc) is 3.29. The summed E-state index contributed by atoms with van der Waals surface area (Å²) in [7, 11) is 1.60. The Balaban J connectivity index is 1.78. The first-order valence-electron chi connectivity index (χ1n) is 9.62. The Kier molecular flexibility index (Phi) is 5.86. The van der Waals surface area contributed by atoms with Crippen molar-refractivity contribution in [2.75, 3.05) is 20.3 Å². The number of para-hydroxylation sites is 1. The summed E-state index contributed by atoms with van der Waals surface area (Å²) >= 11 is 0. The molecule has 152 valence electrons. The molecule has 0 aliphatic rings. The van der Waals surface area contributed by atoms with E-state index >= 15 is 0 Å². The van der Waals surface area contributed by atoms with Gasteiger partial charge in [0.05, 0.1) is 36.2 Å². The Labute approximate surface area is 173 Å². The molecule has 4 rings (SSSR count). The molecular weight excluding hydrogens is 383 g/mol. The van der Waals surface area contributed by atoms with Crippen LogP contribution in [0.15, 0.2) is 77.4 Å². The molecule has 0 bridgehead atoms. The van der Waals surface area contributed by atoms with E-state index in [0.29, 0.717) is 42.2 Å². The van der Waals surface area contributed by atoms with Gasteiger partial charge >= 0.3 is 0 Å². The van der Waals surface area contributed by atoms with Crippen LogP contribution in [0.1, 0.15) is 16.1 Å². The number of carbonyl (C=O) groups excluding carboxylic acids is 1. The minimum Gasteiger partial charge on any atom is -0.467 e. The number of benzene rings is 2. The fourth-order valence-corrected chi connectivity index (χ4v) is 3.34. The highest BCUT2D eigenvalue weighted by atomic mass is 19.1. The number of amides is 1. The van der Waals surface area contributed by atoms with Gasteiger partial charge in [0, 0.05) is 24.6 Å². The minimum atomic E-state index is -0.319. The Hall–Kier alpha value is -3.51. The molecule has 1 amide bonds. The molecule has 0 radical (unpaired) electrons. The van der Waals surface area contributed by atoms with Crippen molar-refractivity contribution in [2.45, 2.75) is 6.54 Å². The van der Waals surface area contributed by atoms with Crippen LogP contribution in [0.3, 0.4) is 0 Å². The van der Waals surface area contributed by atoms with Crippen molar-refractivity contribution in [1.29, 1.82) is 0 Å². The van der Waals surface area contributed by atoms with E-state index < -0.39 is 0 Å². The van der Waals surface area contributed by atoms with Crippen LogP contribution in [0.4, 0.5) is 4.39 Å². The Bertz CT molecular complexity index is 1140. The lowest BCUT2D eigenvalue weighted by atomic mass is 10.0. The number of halogens is 1. The lowest BCUT2D eigenvalue weighted by Gasteiger charge is -2.22. The summed E-state index contributed by atoms with van der Waals surface area (Å²) in [6.07, 6.45) is 1.59. The van der Waals surface area contributed by atoms with Crippen LogP contribution in [-0.4, -0.2) is 36.1 Å². The molecule has 0 aliphatic heterocycles. The number of hydrogen-bond acceptors (Lipinski definition) is 4. The topological polar surface area (TPSA) is 55.6 Å². The first-order chi connectivity index (χ1) is 14.7. The van der Waals surface area contributed by atoms with Crippen LogP contribution in [0.25, 0.3) is 22.2 Å². The molecule has 0 saturated carbocycles. The lowest BCUT2D eigenvalue weighted by molar-refractivity contribution is 0.0668. The van der Waals surface area contributed by atoms with Crippen molar-refractivity contribution in [3.05, 3.63) is 90.1 Å². The first-order valence-corrected chi connectivity index (χ1v) is 9.62. The highest BCUT2D eigenvalue weighted by molar-refractivity contribution is 6.07. The zero-order chi connectivity index (χ0) is 20.9. The van der Waals surface area contributed by atoms with E-state index in [9.17, 15) is 9.18 Å². The molecule has 4 aromatic rings. The van der Waals surface area contributed by atoms with E-state index in [-0.39, 0.29) is 11.7 Å². The highest BCUT2D eigenvalue weighted by Crippen LogP contribution is 2.26. The van der Waals surface area contributed by atoms with E-state index in [4.69, 9.17) is 9.15 Å². The van der Waals surface area contributed by atoms with Gasteiger partial charge in [0.2, 0.25) is 0 Å². The van der Waals surface area contributed by atoms with E-state index in [0.717, 1.165) is 10.9 Å². The number of nitrogens with zero attached hydrogens (tertiary/aromatic N) is 2. The van der Waals surface area contributed by atoms with Crippen molar-refractivity contribution in [3.63, 3.8) is 0 Å². The van der Waals surface area contributed by atoms with Crippen LogP contribution in [0, 0.1) is 5.82 Å². The van der Waals surface area contributed by atoms with E-state index in [1.165, 1.54) is 12.1 Å². The third-order valence-electron chi connectivity index (χ3n) is 4.87. The minimum absolute atomic E-state index is 0.148. The van der Waals surface area contributed by atoms with Crippen molar-refractivity contribution in [3.8, 4) is 11.3 Å². The number of carbonyl (C=O) groups is 1. The molecule has 0 unspecified atom stereocenters. The fraction of sp³-hybridized carbons (Fsp3) is 0.167. The smallest absolute Gasteiger partial charge is 0.255 e. The molecule has 2 heterocycles. The Morgan fingerprint density at radius 1 is 1.10 bits per heavy atom. The SMILES string of the molecule is COCCN(Cc1ccco1)C(=O)c1cc(-c2ccc(F)cc2)nc2ccccc12. The molecule has 0 atom stereocenters. The molecule has 2 aromatic heterocycles. The van der Waals surface area contributed by atoms with Crippen LogP contribution in [0.5, 0.6) is 0 Å². The van der Waals surface area contributed by atoms with Gasteiger partial charge in [-0.25, -0.2) is 9.37 Å². The summed E-state index contributed by atoms with van der Waals surface area (Å²) in [5.41, 5.74) is 2.59. The molecule has 0 fully saturated rings. The number of pyridine rings is 1. The highest BCUT2D eigenvalue weighted by Gasteiger charge is 2.21. The summed E-state index contributed by atoms with van der Waals surface area (Å²) in [4.78, 5) is 19.9. The normalized spacial score (nSPS) is 11.0. The molecule has 0 N–H and O–H groups in total. The van der Waals surface area contributed by atoms with E-state index in [1.807, 2.05) is 30.3 Å². The monoisotopic (exact) mass is 404 g/mol. The van der Waals surface area contributed by atoms with Gasteiger partial charge in [-0.1, -0.05) is 18.2 Å². The number of fused-ring (bicyclic) bond motifs is 1. The predicted octanol–water partition coefficient (Wildman–Crippen LogP) is 4.92. The predicted molar refractivity (Wildman–Crippen MR) is 112 cm³/mol. The zero-order valence-electron chi connectivity index (χ0n) is 16.5. The van der Waals surface area contributed by atoms with Crippen LogP contribution in [-0.2, 0) is 11.3 Å². The van der Waals surface area contributed by atoms with Gasteiger partial charge in [-0.05, 0) is 48.5 Å². The molecular formula is C24H21FN2O3.